The van der Waals surface area contributed by atoms with E-state index >= 15 is 0 Å². The summed E-state index contributed by atoms with van der Waals surface area (Å²) in [6, 6.07) is 0. The van der Waals surface area contributed by atoms with E-state index in [1.807, 2.05) is 0 Å². The van der Waals surface area contributed by atoms with Crippen LogP contribution < -0.4 is 0 Å². The van der Waals surface area contributed by atoms with Crippen LogP contribution in [-0.2, 0) is 0 Å². The maximum Gasteiger partial charge on any atom is 0.0172 e. The van der Waals surface area contributed by atoms with E-state index in [0.29, 0.717) is 0 Å². The van der Waals surface area contributed by atoms with E-state index in [1.165, 1.54) is 5.57 Å². The van der Waals surface area contributed by atoms with Crippen LogP contribution in [0.1, 0.15) is 13.3 Å². The zero-order valence-corrected chi connectivity index (χ0v) is 6.98. The summed E-state index contributed by atoms with van der Waals surface area (Å²) in [5.41, 5.74) is 1.40. The molecule has 48 valence electrons. The van der Waals surface area contributed by atoms with Crippen molar-refractivity contribution in [3.8, 4) is 0 Å². The van der Waals surface area contributed by atoms with Crippen molar-refractivity contribution in [2.24, 2.45) is 0 Å². The van der Waals surface area contributed by atoms with Gasteiger partial charge in [-0.25, -0.2) is 0 Å². The highest BCUT2D eigenvalue weighted by atomic mass is 79.9. The van der Waals surface area contributed by atoms with E-state index in [2.05, 4.69) is 47.2 Å². The zero-order chi connectivity index (χ0) is 6.69. The number of halogens is 1. The summed E-state index contributed by atoms with van der Waals surface area (Å²) in [6.07, 6.45) is 9.50. The predicted octanol–water partition coefficient (Wildman–Crippen LogP) is 3.17. The zero-order valence-electron chi connectivity index (χ0n) is 5.39. The highest BCUT2D eigenvalue weighted by molar-refractivity contribution is 9.11. The minimum absolute atomic E-state index is 1.08. The Balaban J connectivity index is 2.80. The van der Waals surface area contributed by atoms with Crippen LogP contribution in [0.2, 0.25) is 0 Å². The fourth-order valence-electron chi connectivity index (χ4n) is 0.703. The van der Waals surface area contributed by atoms with Gasteiger partial charge in [-0.2, -0.15) is 0 Å². The minimum Gasteiger partial charge on any atom is -0.0794 e. The van der Waals surface area contributed by atoms with E-state index in [-0.39, 0.29) is 0 Å². The first-order valence-electron chi connectivity index (χ1n) is 2.98. The topological polar surface area (TPSA) is 0 Å². The van der Waals surface area contributed by atoms with Gasteiger partial charge in [-0.05, 0) is 19.4 Å². The number of allylic oxidation sites excluding steroid dienone is 6. The number of hydrogen-bond acceptors (Lipinski definition) is 0. The summed E-state index contributed by atoms with van der Waals surface area (Å²) in [4.78, 5) is 0. The third-order valence-corrected chi connectivity index (χ3v) is 1.77. The SMILES string of the molecule is CC1=CC=C(Br)C=CC1. The highest BCUT2D eigenvalue weighted by Crippen LogP contribution is 2.14. The summed E-state index contributed by atoms with van der Waals surface area (Å²) in [5.74, 6) is 0. The average molecular weight is 185 g/mol. The Morgan fingerprint density at radius 1 is 1.44 bits per heavy atom. The van der Waals surface area contributed by atoms with Crippen molar-refractivity contribution in [1.82, 2.24) is 0 Å². The normalized spacial score (nSPS) is 18.4. The van der Waals surface area contributed by atoms with Crippen LogP contribution in [-0.4, -0.2) is 0 Å². The molecule has 9 heavy (non-hydrogen) atoms. The molecule has 0 heterocycles. The molecule has 0 aromatic heterocycles. The molecule has 0 fully saturated rings. The van der Waals surface area contributed by atoms with Gasteiger partial charge in [0.15, 0.2) is 0 Å². The summed E-state index contributed by atoms with van der Waals surface area (Å²) in [6.45, 7) is 2.13. The van der Waals surface area contributed by atoms with E-state index in [9.17, 15) is 0 Å². The third kappa shape index (κ3) is 2.19. The van der Waals surface area contributed by atoms with Crippen LogP contribution in [0.3, 0.4) is 0 Å². The molecule has 0 bridgehead atoms. The largest absolute Gasteiger partial charge is 0.0794 e. The molecule has 0 saturated heterocycles. The lowest BCUT2D eigenvalue weighted by Gasteiger charge is -1.86. The van der Waals surface area contributed by atoms with Gasteiger partial charge >= 0.3 is 0 Å². The molecule has 1 heteroatoms. The Kier molecular flexibility index (Phi) is 2.29. The lowest BCUT2D eigenvalue weighted by atomic mass is 10.2. The van der Waals surface area contributed by atoms with Crippen molar-refractivity contribution in [3.63, 3.8) is 0 Å². The molecular weight excluding hydrogens is 176 g/mol. The van der Waals surface area contributed by atoms with Crippen molar-refractivity contribution >= 4 is 15.9 Å². The average Bonchev–Trinajstić information content (AvgIpc) is 1.97. The Labute approximate surface area is 64.1 Å². The smallest absolute Gasteiger partial charge is 0.0172 e. The second-order valence-electron chi connectivity index (χ2n) is 2.17. The molecule has 0 aliphatic heterocycles. The van der Waals surface area contributed by atoms with E-state index in [4.69, 9.17) is 0 Å². The predicted molar refractivity (Wildman–Crippen MR) is 44.5 cm³/mol. The van der Waals surface area contributed by atoms with Crippen LogP contribution in [0.4, 0.5) is 0 Å². The molecule has 0 aromatic rings. The molecule has 1 rings (SSSR count). The van der Waals surface area contributed by atoms with E-state index in [1.54, 1.807) is 0 Å². The van der Waals surface area contributed by atoms with Gasteiger partial charge < -0.3 is 0 Å². The molecule has 0 unspecified atom stereocenters. The van der Waals surface area contributed by atoms with Crippen molar-refractivity contribution in [2.45, 2.75) is 13.3 Å². The quantitative estimate of drug-likeness (QED) is 0.543. The molecule has 0 aromatic carbocycles. The molecule has 0 amide bonds. The van der Waals surface area contributed by atoms with Gasteiger partial charge in [0.25, 0.3) is 0 Å². The van der Waals surface area contributed by atoms with Gasteiger partial charge in [-0.1, -0.05) is 39.7 Å². The molecule has 0 spiro atoms. The lowest BCUT2D eigenvalue weighted by Crippen LogP contribution is -1.66. The second-order valence-corrected chi connectivity index (χ2v) is 3.09. The minimum atomic E-state index is 1.08. The number of hydrogen-bond donors (Lipinski definition) is 0. The van der Waals surface area contributed by atoms with Crippen LogP contribution in [0.25, 0.3) is 0 Å². The van der Waals surface area contributed by atoms with Crippen LogP contribution in [0.15, 0.2) is 34.4 Å². The van der Waals surface area contributed by atoms with E-state index in [0.717, 1.165) is 10.9 Å². The van der Waals surface area contributed by atoms with Gasteiger partial charge in [0, 0.05) is 4.48 Å². The molecule has 0 nitrogen and oxygen atoms in total. The Hall–Kier alpha value is -0.300. The molecule has 0 saturated carbocycles. The van der Waals surface area contributed by atoms with Crippen LogP contribution in [0.5, 0.6) is 0 Å². The van der Waals surface area contributed by atoms with Crippen molar-refractivity contribution in [3.05, 3.63) is 34.4 Å². The third-order valence-electron chi connectivity index (χ3n) is 1.24. The van der Waals surface area contributed by atoms with Gasteiger partial charge in [-0.15, -0.1) is 0 Å². The molecule has 0 radical (unpaired) electrons. The summed E-state index contributed by atoms with van der Waals surface area (Å²) >= 11 is 3.40. The summed E-state index contributed by atoms with van der Waals surface area (Å²) in [7, 11) is 0. The fraction of sp³-hybridized carbons (Fsp3) is 0.250. The van der Waals surface area contributed by atoms with Crippen LogP contribution in [0, 0.1) is 0 Å². The maximum absolute atomic E-state index is 3.40. The Morgan fingerprint density at radius 2 is 2.22 bits per heavy atom. The first-order valence-corrected chi connectivity index (χ1v) is 3.78. The van der Waals surface area contributed by atoms with Gasteiger partial charge in [-0.3, -0.25) is 0 Å². The lowest BCUT2D eigenvalue weighted by molar-refractivity contribution is 1.22. The Morgan fingerprint density at radius 3 is 3.00 bits per heavy atom. The Bertz CT molecular complexity index is 185. The molecule has 0 N–H and O–H groups in total. The first kappa shape index (κ1) is 6.81. The standard InChI is InChI=1S/C8H9Br/c1-7-3-2-4-8(9)6-5-7/h2,4-6H,3H2,1H3. The van der Waals surface area contributed by atoms with Crippen molar-refractivity contribution in [1.29, 1.82) is 0 Å². The van der Waals surface area contributed by atoms with E-state index < -0.39 is 0 Å². The monoisotopic (exact) mass is 184 g/mol. The molecule has 0 atom stereocenters. The summed E-state index contributed by atoms with van der Waals surface area (Å²) in [5, 5.41) is 0. The summed E-state index contributed by atoms with van der Waals surface area (Å²) < 4.78 is 1.15. The van der Waals surface area contributed by atoms with Crippen molar-refractivity contribution < 1.29 is 0 Å². The maximum atomic E-state index is 3.40. The van der Waals surface area contributed by atoms with Crippen molar-refractivity contribution in [2.75, 3.05) is 0 Å². The number of rotatable bonds is 0. The molecule has 1 aliphatic carbocycles. The van der Waals surface area contributed by atoms with Gasteiger partial charge in [0.2, 0.25) is 0 Å². The molecular formula is C8H9Br. The van der Waals surface area contributed by atoms with Gasteiger partial charge in [0.05, 0.1) is 0 Å². The fourth-order valence-corrected chi connectivity index (χ4v) is 1.02. The van der Waals surface area contributed by atoms with Crippen LogP contribution >= 0.6 is 15.9 Å². The molecule has 1 aliphatic rings. The van der Waals surface area contributed by atoms with Gasteiger partial charge in [0.1, 0.15) is 0 Å². The highest BCUT2D eigenvalue weighted by Gasteiger charge is 1.89. The second kappa shape index (κ2) is 3.02. The first-order chi connectivity index (χ1) is 4.29.